The van der Waals surface area contributed by atoms with E-state index in [-0.39, 0.29) is 0 Å². The van der Waals surface area contributed by atoms with E-state index in [0.29, 0.717) is 22.4 Å². The number of nitrogens with one attached hydrogen (secondary N) is 1. The molecule has 1 N–H and O–H groups in total. The number of aromatic amines is 1. The molecule has 0 aliphatic carbocycles. The SMILES string of the molecule is CCCCn1c(Br)nc2c1c(=O)[nH]c(=O)n2C. The Kier molecular flexibility index (Phi) is 3.19. The fourth-order valence-corrected chi connectivity index (χ4v) is 2.25. The molecule has 0 aliphatic rings. The number of aryl methyl sites for hydroxylation is 2. The van der Waals surface area contributed by atoms with Gasteiger partial charge in [0.15, 0.2) is 15.9 Å². The lowest BCUT2D eigenvalue weighted by molar-refractivity contribution is 0.633. The monoisotopic (exact) mass is 300 g/mol. The molecule has 0 atom stereocenters. The Bertz CT molecular complexity index is 667. The number of aromatic nitrogens is 4. The van der Waals surface area contributed by atoms with Crippen LogP contribution < -0.4 is 11.2 Å². The maximum absolute atomic E-state index is 11.8. The Morgan fingerprint density at radius 1 is 1.41 bits per heavy atom. The summed E-state index contributed by atoms with van der Waals surface area (Å²) in [5.41, 5.74) is 0.00157. The molecule has 0 amide bonds. The first kappa shape index (κ1) is 12.1. The van der Waals surface area contributed by atoms with Crippen LogP contribution in [0, 0.1) is 0 Å². The molecule has 0 spiro atoms. The molecule has 92 valence electrons. The van der Waals surface area contributed by atoms with Gasteiger partial charge in [-0.15, -0.1) is 0 Å². The van der Waals surface area contributed by atoms with Gasteiger partial charge in [0, 0.05) is 13.6 Å². The summed E-state index contributed by atoms with van der Waals surface area (Å²) in [7, 11) is 1.59. The number of nitrogens with zero attached hydrogens (tertiary/aromatic N) is 3. The Morgan fingerprint density at radius 2 is 2.12 bits per heavy atom. The van der Waals surface area contributed by atoms with Crippen LogP contribution in [0.25, 0.3) is 11.2 Å². The molecule has 2 aromatic heterocycles. The molecule has 6 nitrogen and oxygen atoms in total. The van der Waals surface area contributed by atoms with Gasteiger partial charge >= 0.3 is 5.69 Å². The van der Waals surface area contributed by atoms with E-state index in [1.165, 1.54) is 4.57 Å². The van der Waals surface area contributed by atoms with E-state index >= 15 is 0 Å². The standard InChI is InChI=1S/C10H13BrN4O2/c1-3-4-5-15-6-7(12-9(15)11)14(2)10(17)13-8(6)16/h3-5H2,1-2H3,(H,13,16,17). The molecule has 0 bridgehead atoms. The van der Waals surface area contributed by atoms with Gasteiger partial charge in [-0.05, 0) is 22.4 Å². The van der Waals surface area contributed by atoms with Crippen LogP contribution in [0.2, 0.25) is 0 Å². The van der Waals surface area contributed by atoms with Crippen molar-refractivity contribution in [2.75, 3.05) is 0 Å². The first-order valence-electron chi connectivity index (χ1n) is 5.41. The van der Waals surface area contributed by atoms with Crippen molar-refractivity contribution in [2.45, 2.75) is 26.3 Å². The number of imidazole rings is 1. The third kappa shape index (κ3) is 1.95. The van der Waals surface area contributed by atoms with E-state index in [9.17, 15) is 9.59 Å². The number of unbranched alkanes of at least 4 members (excludes halogenated alkanes) is 1. The van der Waals surface area contributed by atoms with E-state index < -0.39 is 11.2 Å². The largest absolute Gasteiger partial charge is 0.329 e. The molecule has 0 saturated carbocycles. The second kappa shape index (κ2) is 4.48. The normalized spacial score (nSPS) is 11.2. The summed E-state index contributed by atoms with van der Waals surface area (Å²) in [6.45, 7) is 2.78. The van der Waals surface area contributed by atoms with Crippen LogP contribution in [0.15, 0.2) is 14.3 Å². The van der Waals surface area contributed by atoms with Crippen molar-refractivity contribution in [1.82, 2.24) is 19.1 Å². The molecule has 2 heterocycles. The van der Waals surface area contributed by atoms with Crippen molar-refractivity contribution in [3.05, 3.63) is 25.6 Å². The highest BCUT2D eigenvalue weighted by atomic mass is 79.9. The highest BCUT2D eigenvalue weighted by molar-refractivity contribution is 9.10. The number of fused-ring (bicyclic) bond motifs is 1. The summed E-state index contributed by atoms with van der Waals surface area (Å²) >= 11 is 3.32. The highest BCUT2D eigenvalue weighted by Gasteiger charge is 2.14. The Balaban J connectivity index is 2.78. The van der Waals surface area contributed by atoms with Crippen LogP contribution in [0.1, 0.15) is 19.8 Å². The third-order valence-corrected chi connectivity index (χ3v) is 3.30. The lowest BCUT2D eigenvalue weighted by Crippen LogP contribution is -2.29. The summed E-state index contributed by atoms with van der Waals surface area (Å²) in [5, 5.41) is 0. The zero-order chi connectivity index (χ0) is 12.6. The van der Waals surface area contributed by atoms with Crippen molar-refractivity contribution < 1.29 is 0 Å². The third-order valence-electron chi connectivity index (χ3n) is 2.70. The fourth-order valence-electron chi connectivity index (χ4n) is 1.73. The lowest BCUT2D eigenvalue weighted by Gasteiger charge is -2.03. The van der Waals surface area contributed by atoms with Gasteiger partial charge in [-0.3, -0.25) is 14.3 Å². The Labute approximate surface area is 105 Å². The van der Waals surface area contributed by atoms with Gasteiger partial charge in [0.05, 0.1) is 0 Å². The second-order valence-corrected chi connectivity index (χ2v) is 4.59. The first-order chi connectivity index (χ1) is 8.06. The molecule has 0 saturated heterocycles. The molecule has 17 heavy (non-hydrogen) atoms. The average Bonchev–Trinajstić information content (AvgIpc) is 2.61. The Hall–Kier alpha value is -1.37. The molecule has 0 fully saturated rings. The molecule has 0 aliphatic heterocycles. The zero-order valence-electron chi connectivity index (χ0n) is 9.66. The summed E-state index contributed by atoms with van der Waals surface area (Å²) in [6, 6.07) is 0. The fraction of sp³-hybridized carbons (Fsp3) is 0.500. The molecule has 7 heteroatoms. The van der Waals surface area contributed by atoms with Crippen molar-refractivity contribution in [1.29, 1.82) is 0 Å². The number of hydrogen-bond acceptors (Lipinski definition) is 3. The quantitative estimate of drug-likeness (QED) is 0.859. The number of H-pyrrole nitrogens is 1. The first-order valence-corrected chi connectivity index (χ1v) is 6.20. The Morgan fingerprint density at radius 3 is 2.76 bits per heavy atom. The maximum atomic E-state index is 11.8. The second-order valence-electron chi connectivity index (χ2n) is 3.88. The molecular formula is C10H13BrN4O2. The maximum Gasteiger partial charge on any atom is 0.329 e. The minimum absolute atomic E-state index is 0.391. The van der Waals surface area contributed by atoms with E-state index in [0.717, 1.165) is 12.8 Å². The zero-order valence-corrected chi connectivity index (χ0v) is 11.2. The van der Waals surface area contributed by atoms with Crippen LogP contribution in [0.3, 0.4) is 0 Å². The number of hydrogen-bond donors (Lipinski definition) is 1. The minimum Gasteiger partial charge on any atom is -0.313 e. The minimum atomic E-state index is -0.449. The van der Waals surface area contributed by atoms with Crippen LogP contribution in [0.5, 0.6) is 0 Å². The van der Waals surface area contributed by atoms with Gasteiger partial charge in [-0.25, -0.2) is 9.78 Å². The predicted octanol–water partition coefficient (Wildman–Crippen LogP) is 0.986. The number of rotatable bonds is 3. The summed E-state index contributed by atoms with van der Waals surface area (Å²) in [6.07, 6.45) is 1.97. The molecule has 2 aromatic rings. The topological polar surface area (TPSA) is 72.7 Å². The number of halogens is 1. The summed E-state index contributed by atoms with van der Waals surface area (Å²) in [5.74, 6) is 0. The van der Waals surface area contributed by atoms with Gasteiger partial charge in [-0.1, -0.05) is 13.3 Å². The lowest BCUT2D eigenvalue weighted by atomic mass is 10.3. The van der Waals surface area contributed by atoms with E-state index in [1.807, 2.05) is 0 Å². The average molecular weight is 301 g/mol. The van der Waals surface area contributed by atoms with Gasteiger partial charge in [-0.2, -0.15) is 0 Å². The summed E-state index contributed by atoms with van der Waals surface area (Å²) in [4.78, 5) is 29.7. The molecule has 0 aromatic carbocycles. The van der Waals surface area contributed by atoms with Crippen LogP contribution in [0.4, 0.5) is 0 Å². The van der Waals surface area contributed by atoms with Crippen LogP contribution in [-0.4, -0.2) is 19.1 Å². The van der Waals surface area contributed by atoms with Gasteiger partial charge in [0.1, 0.15) is 0 Å². The van der Waals surface area contributed by atoms with E-state index in [4.69, 9.17) is 0 Å². The summed E-state index contributed by atoms with van der Waals surface area (Å²) < 4.78 is 3.70. The molecule has 0 unspecified atom stereocenters. The van der Waals surface area contributed by atoms with Crippen molar-refractivity contribution in [3.63, 3.8) is 0 Å². The highest BCUT2D eigenvalue weighted by Crippen LogP contribution is 2.16. The van der Waals surface area contributed by atoms with Crippen molar-refractivity contribution in [3.8, 4) is 0 Å². The predicted molar refractivity (Wildman–Crippen MR) is 68.2 cm³/mol. The van der Waals surface area contributed by atoms with Gasteiger partial charge in [0.2, 0.25) is 0 Å². The van der Waals surface area contributed by atoms with Gasteiger partial charge < -0.3 is 4.57 Å². The van der Waals surface area contributed by atoms with Crippen molar-refractivity contribution in [2.24, 2.45) is 7.05 Å². The smallest absolute Gasteiger partial charge is 0.313 e. The molecule has 0 radical (unpaired) electrons. The van der Waals surface area contributed by atoms with Gasteiger partial charge in [0.25, 0.3) is 5.56 Å². The molecule has 2 rings (SSSR count). The van der Waals surface area contributed by atoms with Crippen LogP contribution in [-0.2, 0) is 13.6 Å². The molecular weight excluding hydrogens is 288 g/mol. The van der Waals surface area contributed by atoms with Crippen LogP contribution >= 0.6 is 15.9 Å². The van der Waals surface area contributed by atoms with Crippen molar-refractivity contribution >= 4 is 27.1 Å². The van der Waals surface area contributed by atoms with E-state index in [2.05, 4.69) is 32.8 Å². The van der Waals surface area contributed by atoms with E-state index in [1.54, 1.807) is 11.6 Å².